The molecule has 0 aromatic heterocycles. The Balaban J connectivity index is 1.53. The van der Waals surface area contributed by atoms with Crippen LogP contribution in [0.15, 0.2) is 47.4 Å². The number of ether oxygens (including phenoxy) is 1. The molecule has 3 rings (SSSR count). The summed E-state index contributed by atoms with van der Waals surface area (Å²) >= 11 is 7.26. The number of hydrogen-bond donors (Lipinski definition) is 3. The van der Waals surface area contributed by atoms with E-state index in [-0.39, 0.29) is 24.8 Å². The maximum atomic E-state index is 12.2. The minimum absolute atomic E-state index is 0.0217. The molecule has 0 saturated heterocycles. The lowest BCUT2D eigenvalue weighted by Gasteiger charge is -2.24. The van der Waals surface area contributed by atoms with Crippen molar-refractivity contribution in [1.82, 2.24) is 5.32 Å². The van der Waals surface area contributed by atoms with Gasteiger partial charge in [-0.15, -0.1) is 11.8 Å². The van der Waals surface area contributed by atoms with Crippen molar-refractivity contribution in [3.63, 3.8) is 0 Å². The molecule has 2 atom stereocenters. The van der Waals surface area contributed by atoms with Gasteiger partial charge in [-0.25, -0.2) is 0 Å². The summed E-state index contributed by atoms with van der Waals surface area (Å²) in [5, 5.41) is 15.7. The summed E-state index contributed by atoms with van der Waals surface area (Å²) in [5.74, 6) is 0.158. The Kier molecular flexibility index (Phi) is 6.26. The van der Waals surface area contributed by atoms with Gasteiger partial charge < -0.3 is 20.5 Å². The van der Waals surface area contributed by atoms with Crippen molar-refractivity contribution in [3.05, 3.63) is 53.1 Å². The molecule has 0 radical (unpaired) electrons. The fourth-order valence-corrected chi connectivity index (χ4v) is 3.91. The molecule has 2 unspecified atom stereocenters. The minimum Gasteiger partial charge on any atom is -0.497 e. The molecule has 1 aliphatic heterocycles. The van der Waals surface area contributed by atoms with E-state index in [1.165, 1.54) is 11.8 Å². The highest BCUT2D eigenvalue weighted by Crippen LogP contribution is 2.38. The Bertz CT molecular complexity index is 844. The first kappa shape index (κ1) is 19.5. The number of benzene rings is 2. The van der Waals surface area contributed by atoms with E-state index in [9.17, 15) is 14.7 Å². The van der Waals surface area contributed by atoms with Crippen molar-refractivity contribution in [2.45, 2.75) is 22.7 Å². The van der Waals surface area contributed by atoms with E-state index < -0.39 is 11.4 Å². The molecule has 0 spiro atoms. The van der Waals surface area contributed by atoms with Crippen LogP contribution in [0.4, 0.5) is 5.69 Å². The van der Waals surface area contributed by atoms with Gasteiger partial charge in [-0.2, -0.15) is 0 Å². The molecule has 0 fully saturated rings. The van der Waals surface area contributed by atoms with Gasteiger partial charge in [0.1, 0.15) is 5.75 Å². The molecular weight excluding hydrogens is 388 g/mol. The predicted octanol–water partition coefficient (Wildman–Crippen LogP) is 3.00. The van der Waals surface area contributed by atoms with Crippen LogP contribution in [0.1, 0.15) is 18.1 Å². The zero-order chi connectivity index (χ0) is 19.4. The van der Waals surface area contributed by atoms with Crippen LogP contribution in [0.25, 0.3) is 0 Å². The number of thioether (sulfide) groups is 1. The van der Waals surface area contributed by atoms with Crippen LogP contribution in [-0.2, 0) is 9.59 Å². The topological polar surface area (TPSA) is 87.7 Å². The van der Waals surface area contributed by atoms with Gasteiger partial charge in [0.05, 0.1) is 24.2 Å². The van der Waals surface area contributed by atoms with E-state index in [2.05, 4.69) is 10.6 Å². The van der Waals surface area contributed by atoms with Crippen LogP contribution in [0, 0.1) is 0 Å². The SMILES string of the molecule is COc1ccc(C(O)CNC(=O)CC2Sc3ccc(Cl)cc3NC2=O)cc1. The van der Waals surface area contributed by atoms with E-state index >= 15 is 0 Å². The van der Waals surface area contributed by atoms with Crippen molar-refractivity contribution in [2.24, 2.45) is 0 Å². The lowest BCUT2D eigenvalue weighted by atomic mass is 10.1. The normalized spacial score (nSPS) is 16.9. The summed E-state index contributed by atoms with van der Waals surface area (Å²) < 4.78 is 5.07. The first-order valence-corrected chi connectivity index (χ1v) is 9.58. The fraction of sp³-hybridized carbons (Fsp3) is 0.263. The first-order valence-electron chi connectivity index (χ1n) is 8.32. The second kappa shape index (κ2) is 8.65. The number of nitrogens with one attached hydrogen (secondary N) is 2. The number of hydrogen-bond acceptors (Lipinski definition) is 5. The second-order valence-electron chi connectivity index (χ2n) is 6.03. The summed E-state index contributed by atoms with van der Waals surface area (Å²) in [6.45, 7) is 0.0658. The van der Waals surface area contributed by atoms with Gasteiger partial charge in [0.2, 0.25) is 11.8 Å². The summed E-state index contributed by atoms with van der Waals surface area (Å²) in [5.41, 5.74) is 1.33. The third-order valence-electron chi connectivity index (χ3n) is 4.13. The highest BCUT2D eigenvalue weighted by atomic mass is 35.5. The molecule has 2 aromatic rings. The number of aliphatic hydroxyl groups excluding tert-OH is 1. The van der Waals surface area contributed by atoms with Gasteiger partial charge in [0.25, 0.3) is 0 Å². The fourth-order valence-electron chi connectivity index (χ4n) is 2.65. The summed E-state index contributed by atoms with van der Waals surface area (Å²) in [4.78, 5) is 25.3. The van der Waals surface area contributed by atoms with Crippen LogP contribution < -0.4 is 15.4 Å². The smallest absolute Gasteiger partial charge is 0.238 e. The Labute approximate surface area is 166 Å². The molecule has 8 heteroatoms. The van der Waals surface area contributed by atoms with E-state index in [1.54, 1.807) is 43.5 Å². The number of rotatable bonds is 6. The van der Waals surface area contributed by atoms with Gasteiger partial charge in [0, 0.05) is 22.9 Å². The number of aliphatic hydroxyl groups is 1. The number of methoxy groups -OCH3 is 1. The van der Waals surface area contributed by atoms with Gasteiger partial charge in [-0.3, -0.25) is 9.59 Å². The Morgan fingerprint density at radius 2 is 2.07 bits per heavy atom. The largest absolute Gasteiger partial charge is 0.497 e. The zero-order valence-electron chi connectivity index (χ0n) is 14.6. The molecule has 6 nitrogen and oxygen atoms in total. The molecule has 3 N–H and O–H groups in total. The van der Waals surface area contributed by atoms with E-state index in [0.29, 0.717) is 22.0 Å². The monoisotopic (exact) mass is 406 g/mol. The van der Waals surface area contributed by atoms with Crippen molar-refractivity contribution >= 4 is 40.9 Å². The third kappa shape index (κ3) is 4.94. The molecule has 1 aliphatic rings. The van der Waals surface area contributed by atoms with Crippen molar-refractivity contribution in [3.8, 4) is 5.75 Å². The zero-order valence-corrected chi connectivity index (χ0v) is 16.1. The molecule has 1 heterocycles. The number of carbonyl (C=O) groups excluding carboxylic acids is 2. The van der Waals surface area contributed by atoms with Crippen LogP contribution in [-0.4, -0.2) is 35.8 Å². The molecule has 142 valence electrons. The maximum absolute atomic E-state index is 12.2. The van der Waals surface area contributed by atoms with E-state index in [1.807, 2.05) is 6.07 Å². The van der Waals surface area contributed by atoms with Crippen molar-refractivity contribution in [2.75, 3.05) is 19.0 Å². The number of anilines is 1. The summed E-state index contributed by atoms with van der Waals surface area (Å²) in [7, 11) is 1.57. The van der Waals surface area contributed by atoms with Crippen LogP contribution in [0.3, 0.4) is 0 Å². The van der Waals surface area contributed by atoms with Gasteiger partial charge >= 0.3 is 0 Å². The molecule has 27 heavy (non-hydrogen) atoms. The Morgan fingerprint density at radius 3 is 2.78 bits per heavy atom. The molecule has 0 saturated carbocycles. The summed E-state index contributed by atoms with van der Waals surface area (Å²) in [6.07, 6.45) is -0.816. The number of halogens is 1. The molecule has 2 aromatic carbocycles. The average Bonchev–Trinajstić information content (AvgIpc) is 2.67. The summed E-state index contributed by atoms with van der Waals surface area (Å²) in [6, 6.07) is 12.2. The standard InChI is InChI=1S/C19H19ClN2O4S/c1-26-13-5-2-11(3-6-13)15(23)10-21-18(24)9-17-19(25)22-14-8-12(20)4-7-16(14)27-17/h2-8,15,17,23H,9-10H2,1H3,(H,21,24)(H,22,25). The number of fused-ring (bicyclic) bond motifs is 1. The average molecular weight is 407 g/mol. The van der Waals surface area contributed by atoms with E-state index in [0.717, 1.165) is 4.90 Å². The van der Waals surface area contributed by atoms with Gasteiger partial charge in [-0.1, -0.05) is 23.7 Å². The number of amides is 2. The quantitative estimate of drug-likeness (QED) is 0.686. The molecule has 0 bridgehead atoms. The molecule has 0 aliphatic carbocycles. The predicted molar refractivity (Wildman–Crippen MR) is 105 cm³/mol. The highest BCUT2D eigenvalue weighted by molar-refractivity contribution is 8.01. The lowest BCUT2D eigenvalue weighted by molar-refractivity contribution is -0.124. The maximum Gasteiger partial charge on any atom is 0.238 e. The van der Waals surface area contributed by atoms with Crippen molar-refractivity contribution in [1.29, 1.82) is 0 Å². The molecule has 2 amide bonds. The molecular formula is C19H19ClN2O4S. The van der Waals surface area contributed by atoms with Crippen LogP contribution in [0.2, 0.25) is 5.02 Å². The van der Waals surface area contributed by atoms with E-state index in [4.69, 9.17) is 16.3 Å². The Morgan fingerprint density at radius 1 is 1.33 bits per heavy atom. The van der Waals surface area contributed by atoms with Gasteiger partial charge in [0.15, 0.2) is 0 Å². The minimum atomic E-state index is -0.837. The highest BCUT2D eigenvalue weighted by Gasteiger charge is 2.29. The van der Waals surface area contributed by atoms with Crippen LogP contribution in [0.5, 0.6) is 5.75 Å². The third-order valence-corrected chi connectivity index (χ3v) is 5.64. The number of carbonyl (C=O) groups is 2. The van der Waals surface area contributed by atoms with Gasteiger partial charge in [-0.05, 0) is 35.9 Å². The lowest BCUT2D eigenvalue weighted by Crippen LogP contribution is -2.36. The second-order valence-corrected chi connectivity index (χ2v) is 7.71. The first-order chi connectivity index (χ1) is 13.0. The van der Waals surface area contributed by atoms with Crippen LogP contribution >= 0.6 is 23.4 Å². The van der Waals surface area contributed by atoms with Crippen molar-refractivity contribution < 1.29 is 19.4 Å². The Hall–Kier alpha value is -2.22.